The molecule has 1 unspecified atom stereocenters. The fourth-order valence-corrected chi connectivity index (χ4v) is 3.16. The molecule has 2 rings (SSSR count). The van der Waals surface area contributed by atoms with Crippen molar-refractivity contribution in [2.24, 2.45) is 5.92 Å². The molecule has 0 saturated carbocycles. The Morgan fingerprint density at radius 3 is 2.76 bits per heavy atom. The highest BCUT2D eigenvalue weighted by Gasteiger charge is 2.25. The first-order chi connectivity index (χ1) is 9.79. The highest BCUT2D eigenvalue weighted by Crippen LogP contribution is 2.35. The van der Waals surface area contributed by atoms with E-state index in [9.17, 15) is 18.5 Å². The number of halogens is 1. The summed E-state index contributed by atoms with van der Waals surface area (Å²) >= 11 is 0. The lowest BCUT2D eigenvalue weighted by Gasteiger charge is -2.15. The first kappa shape index (κ1) is 16.0. The normalized spacial score (nSPS) is 18.7. The molecule has 0 aromatic heterocycles. The van der Waals surface area contributed by atoms with Gasteiger partial charge in [0, 0.05) is 35.3 Å². The molecule has 0 N–H and O–H groups in total. The maximum absolute atomic E-state index is 11.6. The summed E-state index contributed by atoms with van der Waals surface area (Å²) in [6, 6.07) is 2.17. The van der Waals surface area contributed by atoms with E-state index in [0.29, 0.717) is 18.8 Å². The smallest absolute Gasteiger partial charge is 0.271 e. The number of aryl methyl sites for hydroxylation is 1. The molecule has 1 aromatic rings. The Morgan fingerprint density at radius 2 is 2.24 bits per heavy atom. The zero-order chi connectivity index (χ0) is 15.6. The number of rotatable bonds is 5. The SMILES string of the molecule is Cc1cc([N+](=O)[O-])cc(S(=O)(=O)Cl)c1OCC1CCOC1. The predicted molar refractivity (Wildman–Crippen MR) is 75.3 cm³/mol. The lowest BCUT2D eigenvalue weighted by molar-refractivity contribution is -0.385. The maximum Gasteiger partial charge on any atom is 0.271 e. The molecule has 0 bridgehead atoms. The fourth-order valence-electron chi connectivity index (χ4n) is 2.11. The number of nitro benzene ring substituents is 1. The monoisotopic (exact) mass is 335 g/mol. The molecule has 0 amide bonds. The summed E-state index contributed by atoms with van der Waals surface area (Å²) in [5.74, 6) is 0.230. The van der Waals surface area contributed by atoms with Crippen LogP contribution < -0.4 is 4.74 Å². The van der Waals surface area contributed by atoms with Crippen molar-refractivity contribution < 1.29 is 22.8 Å². The average Bonchev–Trinajstić information content (AvgIpc) is 2.88. The van der Waals surface area contributed by atoms with Crippen molar-refractivity contribution in [2.75, 3.05) is 19.8 Å². The number of ether oxygens (including phenoxy) is 2. The van der Waals surface area contributed by atoms with Crippen LogP contribution >= 0.6 is 10.7 Å². The van der Waals surface area contributed by atoms with Gasteiger partial charge in [-0.25, -0.2) is 8.42 Å². The number of non-ortho nitro benzene ring substituents is 1. The molecule has 1 saturated heterocycles. The van der Waals surface area contributed by atoms with Crippen LogP contribution in [0.5, 0.6) is 5.75 Å². The highest BCUT2D eigenvalue weighted by atomic mass is 35.7. The summed E-state index contributed by atoms with van der Waals surface area (Å²) in [5.41, 5.74) is 0.00520. The minimum atomic E-state index is -4.15. The van der Waals surface area contributed by atoms with Crippen LogP contribution in [0.4, 0.5) is 5.69 Å². The molecule has 1 aromatic carbocycles. The fraction of sp³-hybridized carbons (Fsp3) is 0.500. The second-order valence-corrected chi connectivity index (χ2v) is 7.36. The molecule has 21 heavy (non-hydrogen) atoms. The Bertz CT molecular complexity index is 654. The van der Waals surface area contributed by atoms with E-state index in [1.54, 1.807) is 6.92 Å². The number of hydrogen-bond donors (Lipinski definition) is 0. The molecule has 0 spiro atoms. The summed E-state index contributed by atoms with van der Waals surface area (Å²) in [6.07, 6.45) is 0.828. The number of nitrogens with zero attached hydrogens (tertiary/aromatic N) is 1. The van der Waals surface area contributed by atoms with Crippen LogP contribution in [-0.4, -0.2) is 33.2 Å². The van der Waals surface area contributed by atoms with E-state index in [4.69, 9.17) is 20.2 Å². The summed E-state index contributed by atoms with van der Waals surface area (Å²) in [6.45, 7) is 3.01. The van der Waals surface area contributed by atoms with Gasteiger partial charge in [0.25, 0.3) is 14.7 Å². The van der Waals surface area contributed by atoms with E-state index >= 15 is 0 Å². The first-order valence-electron chi connectivity index (χ1n) is 6.23. The molecule has 9 heteroatoms. The summed E-state index contributed by atoms with van der Waals surface area (Å²) in [4.78, 5) is 9.77. The van der Waals surface area contributed by atoms with E-state index in [1.807, 2.05) is 0 Å². The maximum atomic E-state index is 11.6. The Labute approximate surface area is 126 Å². The van der Waals surface area contributed by atoms with Crippen LogP contribution in [0.2, 0.25) is 0 Å². The Morgan fingerprint density at radius 1 is 1.52 bits per heavy atom. The van der Waals surface area contributed by atoms with Crippen LogP contribution in [0, 0.1) is 23.0 Å². The molecular formula is C12H14ClNO6S. The minimum absolute atomic E-state index is 0.0579. The van der Waals surface area contributed by atoms with Crippen LogP contribution in [0.3, 0.4) is 0 Å². The van der Waals surface area contributed by atoms with Crippen molar-refractivity contribution >= 4 is 25.4 Å². The molecule has 1 fully saturated rings. The topological polar surface area (TPSA) is 95.7 Å². The lowest BCUT2D eigenvalue weighted by Crippen LogP contribution is -2.13. The average molecular weight is 336 g/mol. The Kier molecular flexibility index (Phi) is 4.70. The van der Waals surface area contributed by atoms with Crippen LogP contribution in [0.1, 0.15) is 12.0 Å². The van der Waals surface area contributed by atoms with E-state index in [-0.39, 0.29) is 28.9 Å². The van der Waals surface area contributed by atoms with E-state index < -0.39 is 14.0 Å². The van der Waals surface area contributed by atoms with Crippen LogP contribution in [0.15, 0.2) is 17.0 Å². The van der Waals surface area contributed by atoms with Crippen LogP contribution in [0.25, 0.3) is 0 Å². The molecule has 1 aliphatic rings. The number of benzene rings is 1. The van der Waals surface area contributed by atoms with Gasteiger partial charge in [0.15, 0.2) is 0 Å². The zero-order valence-corrected chi connectivity index (χ0v) is 12.8. The van der Waals surface area contributed by atoms with Gasteiger partial charge in [0.2, 0.25) is 0 Å². The summed E-state index contributed by atoms with van der Waals surface area (Å²) in [7, 11) is 1.21. The van der Waals surface area contributed by atoms with Crippen molar-refractivity contribution in [3.8, 4) is 5.75 Å². The molecule has 0 aliphatic carbocycles. The number of hydrogen-bond acceptors (Lipinski definition) is 6. The third kappa shape index (κ3) is 3.84. The Hall–Kier alpha value is -1.38. The van der Waals surface area contributed by atoms with Gasteiger partial charge in [-0.1, -0.05) is 0 Å². The van der Waals surface area contributed by atoms with Gasteiger partial charge in [0.1, 0.15) is 10.6 Å². The van der Waals surface area contributed by atoms with Gasteiger partial charge >= 0.3 is 0 Å². The predicted octanol–water partition coefficient (Wildman–Crippen LogP) is 2.25. The van der Waals surface area contributed by atoms with Crippen molar-refractivity contribution in [2.45, 2.75) is 18.2 Å². The van der Waals surface area contributed by atoms with Gasteiger partial charge in [0.05, 0.1) is 18.1 Å². The molecule has 1 atom stereocenters. The number of nitro groups is 1. The summed E-state index contributed by atoms with van der Waals surface area (Å²) < 4.78 is 34.0. The minimum Gasteiger partial charge on any atom is -0.492 e. The third-order valence-electron chi connectivity index (χ3n) is 3.19. The molecule has 1 heterocycles. The quantitative estimate of drug-likeness (QED) is 0.465. The molecule has 7 nitrogen and oxygen atoms in total. The van der Waals surface area contributed by atoms with Gasteiger partial charge in [-0.15, -0.1) is 0 Å². The van der Waals surface area contributed by atoms with Crippen molar-refractivity contribution in [1.29, 1.82) is 0 Å². The van der Waals surface area contributed by atoms with E-state index in [2.05, 4.69) is 0 Å². The van der Waals surface area contributed by atoms with Crippen molar-refractivity contribution in [1.82, 2.24) is 0 Å². The second-order valence-electron chi connectivity index (χ2n) is 4.83. The lowest BCUT2D eigenvalue weighted by atomic mass is 10.1. The molecule has 116 valence electrons. The van der Waals surface area contributed by atoms with Gasteiger partial charge in [-0.3, -0.25) is 10.1 Å². The third-order valence-corrected chi connectivity index (χ3v) is 4.51. The highest BCUT2D eigenvalue weighted by molar-refractivity contribution is 8.13. The van der Waals surface area contributed by atoms with E-state index in [1.165, 1.54) is 6.07 Å². The zero-order valence-electron chi connectivity index (χ0n) is 11.2. The summed E-state index contributed by atoms with van der Waals surface area (Å²) in [5, 5.41) is 10.8. The standard InChI is InChI=1S/C12H14ClNO6S/c1-8-4-10(14(15)16)5-11(21(13,17)18)12(8)20-7-9-2-3-19-6-9/h4-5,9H,2-3,6-7H2,1H3. The molecular weight excluding hydrogens is 322 g/mol. The first-order valence-corrected chi connectivity index (χ1v) is 8.54. The van der Waals surface area contributed by atoms with Crippen LogP contribution in [-0.2, 0) is 13.8 Å². The van der Waals surface area contributed by atoms with Crippen molar-refractivity contribution in [3.05, 3.63) is 27.8 Å². The molecule has 0 radical (unpaired) electrons. The van der Waals surface area contributed by atoms with Gasteiger partial charge in [-0.05, 0) is 18.9 Å². The van der Waals surface area contributed by atoms with E-state index in [0.717, 1.165) is 12.5 Å². The van der Waals surface area contributed by atoms with Gasteiger partial charge < -0.3 is 9.47 Å². The van der Waals surface area contributed by atoms with Crippen molar-refractivity contribution in [3.63, 3.8) is 0 Å². The largest absolute Gasteiger partial charge is 0.492 e. The Balaban J connectivity index is 2.35. The molecule has 1 aliphatic heterocycles. The van der Waals surface area contributed by atoms with Gasteiger partial charge in [-0.2, -0.15) is 0 Å². The second kappa shape index (κ2) is 6.17.